The molecule has 0 fully saturated rings. The van der Waals surface area contributed by atoms with Crippen LogP contribution in [0, 0.1) is 10.1 Å². The van der Waals surface area contributed by atoms with Crippen LogP contribution in [0.15, 0.2) is 29.6 Å². The standard InChI is InChI=1S/C14H18NO6P/c1-4-20-22(19,21-5-2)14(11(3)16)10-12-7-6-8-13(9-12)15(17)18/h6-10H,4-5H2,1-3H3/b14-10-. The van der Waals surface area contributed by atoms with Crippen molar-refractivity contribution >= 4 is 25.1 Å². The number of ketones is 1. The third-order valence-corrected chi connectivity index (χ3v) is 4.87. The molecule has 0 bridgehead atoms. The average Bonchev–Trinajstić information content (AvgIpc) is 2.45. The van der Waals surface area contributed by atoms with Crippen LogP contribution in [0.4, 0.5) is 5.69 Å². The van der Waals surface area contributed by atoms with Crippen LogP contribution in [0.25, 0.3) is 6.08 Å². The van der Waals surface area contributed by atoms with Crippen molar-refractivity contribution in [2.24, 2.45) is 0 Å². The van der Waals surface area contributed by atoms with Gasteiger partial charge in [-0.15, -0.1) is 0 Å². The van der Waals surface area contributed by atoms with E-state index in [4.69, 9.17) is 9.05 Å². The van der Waals surface area contributed by atoms with E-state index in [0.717, 1.165) is 0 Å². The SMILES string of the molecule is CCOP(=O)(OCC)/C(=C\c1cccc([N+](=O)[O-])c1)C(C)=O. The second kappa shape index (κ2) is 7.98. The van der Waals surface area contributed by atoms with E-state index in [2.05, 4.69) is 0 Å². The maximum absolute atomic E-state index is 12.7. The number of benzene rings is 1. The number of allylic oxidation sites excluding steroid dienone is 1. The normalized spacial score (nSPS) is 12.2. The van der Waals surface area contributed by atoms with Crippen LogP contribution in [-0.4, -0.2) is 23.9 Å². The molecule has 0 amide bonds. The fourth-order valence-electron chi connectivity index (χ4n) is 1.78. The predicted molar refractivity (Wildman–Crippen MR) is 82.6 cm³/mol. The molecule has 1 aromatic rings. The highest BCUT2D eigenvalue weighted by Crippen LogP contribution is 2.56. The van der Waals surface area contributed by atoms with Crippen LogP contribution in [-0.2, 0) is 18.4 Å². The number of nitro benzene ring substituents is 1. The third kappa shape index (κ3) is 4.59. The maximum atomic E-state index is 12.7. The Hall–Kier alpha value is -1.82. The zero-order chi connectivity index (χ0) is 16.8. The summed E-state index contributed by atoms with van der Waals surface area (Å²) in [5.41, 5.74) is 0.248. The lowest BCUT2D eigenvalue weighted by Gasteiger charge is -2.18. The van der Waals surface area contributed by atoms with E-state index in [1.165, 1.54) is 31.2 Å². The molecule has 1 aromatic carbocycles. The summed E-state index contributed by atoms with van der Waals surface area (Å²) in [4.78, 5) is 22.1. The lowest BCUT2D eigenvalue weighted by Crippen LogP contribution is -2.05. The van der Waals surface area contributed by atoms with Crippen molar-refractivity contribution in [2.75, 3.05) is 13.2 Å². The molecular weight excluding hydrogens is 309 g/mol. The van der Waals surface area contributed by atoms with Crippen LogP contribution < -0.4 is 0 Å². The summed E-state index contributed by atoms with van der Waals surface area (Å²) < 4.78 is 23.0. The molecule has 0 atom stereocenters. The number of carbonyl (C=O) groups excluding carboxylic acids is 1. The second-order valence-corrected chi connectivity index (χ2v) is 6.26. The van der Waals surface area contributed by atoms with Gasteiger partial charge in [0.2, 0.25) is 0 Å². The van der Waals surface area contributed by atoms with E-state index in [1.54, 1.807) is 19.9 Å². The monoisotopic (exact) mass is 327 g/mol. The van der Waals surface area contributed by atoms with Gasteiger partial charge in [-0.25, -0.2) is 0 Å². The van der Waals surface area contributed by atoms with Crippen molar-refractivity contribution in [3.05, 3.63) is 45.3 Å². The molecule has 0 aliphatic rings. The average molecular weight is 327 g/mol. The Bertz CT molecular complexity index is 630. The summed E-state index contributed by atoms with van der Waals surface area (Å²) in [6.45, 7) is 4.73. The largest absolute Gasteiger partial charge is 0.364 e. The van der Waals surface area contributed by atoms with Gasteiger partial charge in [-0.1, -0.05) is 12.1 Å². The van der Waals surface area contributed by atoms with Gasteiger partial charge in [0.15, 0.2) is 5.78 Å². The first-order valence-corrected chi connectivity index (χ1v) is 8.25. The zero-order valence-electron chi connectivity index (χ0n) is 12.6. The Balaban J connectivity index is 3.35. The van der Waals surface area contributed by atoms with E-state index < -0.39 is 18.3 Å². The summed E-state index contributed by atoms with van der Waals surface area (Å²) in [5, 5.41) is 10.7. The van der Waals surface area contributed by atoms with Crippen LogP contribution >= 0.6 is 7.60 Å². The molecule has 0 heterocycles. The summed E-state index contributed by atoms with van der Waals surface area (Å²) in [6.07, 6.45) is 1.31. The number of carbonyl (C=O) groups is 1. The van der Waals surface area contributed by atoms with Gasteiger partial charge in [0, 0.05) is 12.1 Å². The first kappa shape index (κ1) is 18.2. The molecule has 22 heavy (non-hydrogen) atoms. The molecular formula is C14H18NO6P. The highest BCUT2D eigenvalue weighted by molar-refractivity contribution is 7.60. The molecule has 1 rings (SSSR count). The lowest BCUT2D eigenvalue weighted by molar-refractivity contribution is -0.384. The molecule has 0 saturated heterocycles. The minimum Gasteiger partial charge on any atom is -0.305 e. The Labute approximate surface area is 128 Å². The molecule has 8 heteroatoms. The summed E-state index contributed by atoms with van der Waals surface area (Å²) in [7, 11) is -3.75. The highest BCUT2D eigenvalue weighted by atomic mass is 31.2. The second-order valence-electron chi connectivity index (χ2n) is 4.27. The van der Waals surface area contributed by atoms with Crippen LogP contribution in [0.5, 0.6) is 0 Å². The molecule has 0 radical (unpaired) electrons. The molecule has 7 nitrogen and oxygen atoms in total. The van der Waals surface area contributed by atoms with Gasteiger partial charge in [-0.2, -0.15) is 0 Å². The van der Waals surface area contributed by atoms with Crippen molar-refractivity contribution in [2.45, 2.75) is 20.8 Å². The topological polar surface area (TPSA) is 95.7 Å². The third-order valence-electron chi connectivity index (χ3n) is 2.64. The van der Waals surface area contributed by atoms with E-state index in [9.17, 15) is 19.5 Å². The van der Waals surface area contributed by atoms with Crippen molar-refractivity contribution in [1.29, 1.82) is 0 Å². The minimum absolute atomic E-state index is 0.108. The first-order chi connectivity index (χ1) is 10.3. The number of hydrogen-bond acceptors (Lipinski definition) is 6. The van der Waals surface area contributed by atoms with Crippen molar-refractivity contribution in [1.82, 2.24) is 0 Å². The number of hydrogen-bond donors (Lipinski definition) is 0. The summed E-state index contributed by atoms with van der Waals surface area (Å²) in [5.74, 6) is -0.475. The lowest BCUT2D eigenvalue weighted by atomic mass is 10.2. The van der Waals surface area contributed by atoms with Crippen LogP contribution in [0.3, 0.4) is 0 Å². The predicted octanol–water partition coefficient (Wildman–Crippen LogP) is 3.79. The highest BCUT2D eigenvalue weighted by Gasteiger charge is 2.32. The number of rotatable bonds is 8. The Morgan fingerprint density at radius 3 is 2.36 bits per heavy atom. The Morgan fingerprint density at radius 1 is 1.32 bits per heavy atom. The summed E-state index contributed by atoms with van der Waals surface area (Å²) >= 11 is 0. The number of nitrogens with zero attached hydrogens (tertiary/aromatic N) is 1. The first-order valence-electron chi connectivity index (χ1n) is 6.70. The molecule has 0 unspecified atom stereocenters. The van der Waals surface area contributed by atoms with Gasteiger partial charge in [-0.3, -0.25) is 19.5 Å². The van der Waals surface area contributed by atoms with E-state index >= 15 is 0 Å². The van der Waals surface area contributed by atoms with Gasteiger partial charge >= 0.3 is 7.60 Å². The van der Waals surface area contributed by atoms with Gasteiger partial charge in [0.1, 0.15) is 5.31 Å². The molecule has 0 aliphatic heterocycles. The quantitative estimate of drug-likeness (QED) is 0.312. The van der Waals surface area contributed by atoms with Crippen molar-refractivity contribution < 1.29 is 23.3 Å². The molecule has 0 saturated carbocycles. The van der Waals surface area contributed by atoms with Crippen LogP contribution in [0.1, 0.15) is 26.3 Å². The number of Topliss-reactive ketones (excluding diaryl/α,β-unsaturated/α-hetero) is 1. The van der Waals surface area contributed by atoms with Crippen molar-refractivity contribution in [3.8, 4) is 0 Å². The fourth-order valence-corrected chi connectivity index (χ4v) is 3.50. The minimum atomic E-state index is -3.75. The van der Waals surface area contributed by atoms with E-state index in [0.29, 0.717) is 5.56 Å². The maximum Gasteiger partial charge on any atom is 0.364 e. The molecule has 0 aliphatic carbocycles. The fraction of sp³-hybridized carbons (Fsp3) is 0.357. The smallest absolute Gasteiger partial charge is 0.305 e. The van der Waals surface area contributed by atoms with Crippen LogP contribution in [0.2, 0.25) is 0 Å². The summed E-state index contributed by atoms with van der Waals surface area (Å²) in [6, 6.07) is 5.66. The molecule has 120 valence electrons. The van der Waals surface area contributed by atoms with Gasteiger partial charge in [0.25, 0.3) is 5.69 Å². The molecule has 0 spiro atoms. The molecule has 0 aromatic heterocycles. The van der Waals surface area contributed by atoms with Gasteiger partial charge in [-0.05, 0) is 32.4 Å². The van der Waals surface area contributed by atoms with E-state index in [-0.39, 0.29) is 24.2 Å². The van der Waals surface area contributed by atoms with Gasteiger partial charge < -0.3 is 9.05 Å². The van der Waals surface area contributed by atoms with Crippen molar-refractivity contribution in [3.63, 3.8) is 0 Å². The van der Waals surface area contributed by atoms with E-state index in [1.807, 2.05) is 0 Å². The Kier molecular flexibility index (Phi) is 6.61. The Morgan fingerprint density at radius 2 is 1.91 bits per heavy atom. The number of non-ortho nitro benzene ring substituents is 1. The molecule has 0 N–H and O–H groups in total. The van der Waals surface area contributed by atoms with Gasteiger partial charge in [0.05, 0.1) is 18.1 Å². The number of nitro groups is 1. The zero-order valence-corrected chi connectivity index (χ0v) is 13.5.